The Labute approximate surface area is 52.6 Å². The minimum atomic E-state index is 1.15. The zero-order chi connectivity index (χ0) is 6.41. The second kappa shape index (κ2) is 4.89. The summed E-state index contributed by atoms with van der Waals surface area (Å²) in [6, 6.07) is 0. The van der Waals surface area contributed by atoms with Crippen LogP contribution in [0, 0.1) is 6.42 Å². The summed E-state index contributed by atoms with van der Waals surface area (Å²) in [4.78, 5) is 0. The molecule has 0 heterocycles. The molecule has 0 aliphatic heterocycles. The highest BCUT2D eigenvalue weighted by Gasteiger charge is 1.80. The van der Waals surface area contributed by atoms with Gasteiger partial charge in [-0.25, -0.2) is 0 Å². The van der Waals surface area contributed by atoms with Gasteiger partial charge in [0.25, 0.3) is 0 Å². The van der Waals surface area contributed by atoms with E-state index in [2.05, 4.69) is 33.3 Å². The van der Waals surface area contributed by atoms with Gasteiger partial charge in [0, 0.05) is 0 Å². The normalized spacial score (nSPS) is 12.1. The monoisotopic (exact) mass is 111 g/mol. The predicted octanol–water partition coefficient (Wildman–Crippen LogP) is 2.96. The summed E-state index contributed by atoms with van der Waals surface area (Å²) in [5.74, 6) is 0. The molecule has 0 fully saturated rings. The molecule has 0 aromatic rings. The highest BCUT2D eigenvalue weighted by atomic mass is 13.9. The third kappa shape index (κ3) is 3.91. The van der Waals surface area contributed by atoms with Gasteiger partial charge in [-0.3, -0.25) is 0 Å². The Morgan fingerprint density at radius 1 is 1.38 bits per heavy atom. The van der Waals surface area contributed by atoms with Gasteiger partial charge in [0.2, 0.25) is 0 Å². The fraction of sp³-hybridized carbons (Fsp3) is 0.625. The average Bonchev–Trinajstić information content (AvgIpc) is 1.83. The molecule has 0 rings (SSSR count). The van der Waals surface area contributed by atoms with Crippen LogP contribution < -0.4 is 0 Å². The van der Waals surface area contributed by atoms with E-state index in [1.165, 1.54) is 12.0 Å². The van der Waals surface area contributed by atoms with Crippen molar-refractivity contribution in [3.63, 3.8) is 0 Å². The second-order valence-electron chi connectivity index (χ2n) is 2.01. The number of hydrogen-bond acceptors (Lipinski definition) is 0. The molecule has 0 aromatic heterocycles. The first-order valence-electron chi connectivity index (χ1n) is 3.30. The maximum absolute atomic E-state index is 2.19. The Balaban J connectivity index is 3.26. The van der Waals surface area contributed by atoms with Crippen molar-refractivity contribution in [2.75, 3.05) is 0 Å². The van der Waals surface area contributed by atoms with E-state index in [0.717, 1.165) is 6.42 Å². The van der Waals surface area contributed by atoms with E-state index in [-0.39, 0.29) is 0 Å². The van der Waals surface area contributed by atoms with E-state index in [0.29, 0.717) is 0 Å². The molecule has 0 atom stereocenters. The van der Waals surface area contributed by atoms with Gasteiger partial charge in [-0.2, -0.15) is 0 Å². The Bertz CT molecular complexity index is 70.1. The van der Waals surface area contributed by atoms with Crippen LogP contribution in [0.5, 0.6) is 0 Å². The molecular weight excluding hydrogens is 96.1 g/mol. The predicted molar refractivity (Wildman–Crippen MR) is 38.6 cm³/mol. The Kier molecular flexibility index (Phi) is 4.73. The number of hydrogen-bond donors (Lipinski definition) is 0. The Hall–Kier alpha value is -0.260. The molecular formula is C8H15. The van der Waals surface area contributed by atoms with Crippen molar-refractivity contribution in [1.29, 1.82) is 0 Å². The van der Waals surface area contributed by atoms with Crippen LogP contribution in [-0.4, -0.2) is 0 Å². The van der Waals surface area contributed by atoms with Crippen molar-refractivity contribution in [2.24, 2.45) is 0 Å². The van der Waals surface area contributed by atoms with E-state index < -0.39 is 0 Å². The second-order valence-corrected chi connectivity index (χ2v) is 2.01. The molecule has 0 heteroatoms. The fourth-order valence-electron chi connectivity index (χ4n) is 0.437. The first-order valence-corrected chi connectivity index (χ1v) is 3.30. The van der Waals surface area contributed by atoms with E-state index in [1.807, 2.05) is 0 Å². The minimum Gasteiger partial charge on any atom is -0.0819 e. The van der Waals surface area contributed by atoms with Crippen molar-refractivity contribution in [1.82, 2.24) is 0 Å². The molecule has 0 bridgehead atoms. The summed E-state index contributed by atoms with van der Waals surface area (Å²) in [7, 11) is 0. The maximum atomic E-state index is 2.19. The summed E-state index contributed by atoms with van der Waals surface area (Å²) < 4.78 is 0. The largest absolute Gasteiger partial charge is 0.0819 e. The molecule has 0 nitrogen and oxygen atoms in total. The molecule has 0 aromatic carbocycles. The van der Waals surface area contributed by atoms with Crippen LogP contribution in [-0.2, 0) is 0 Å². The van der Waals surface area contributed by atoms with Crippen LogP contribution in [0.2, 0.25) is 0 Å². The molecule has 8 heavy (non-hydrogen) atoms. The van der Waals surface area contributed by atoms with Gasteiger partial charge in [-0.05, 0) is 26.2 Å². The van der Waals surface area contributed by atoms with Gasteiger partial charge < -0.3 is 0 Å². The highest BCUT2D eigenvalue weighted by molar-refractivity contribution is 5.04. The molecule has 47 valence electrons. The van der Waals surface area contributed by atoms with Crippen LogP contribution >= 0.6 is 0 Å². The first-order chi connectivity index (χ1) is 3.81. The lowest BCUT2D eigenvalue weighted by Crippen LogP contribution is -1.71. The molecule has 0 saturated carbocycles. The van der Waals surface area contributed by atoms with Crippen molar-refractivity contribution in [3.05, 3.63) is 18.1 Å². The van der Waals surface area contributed by atoms with Gasteiger partial charge >= 0.3 is 0 Å². The van der Waals surface area contributed by atoms with Crippen LogP contribution in [0.15, 0.2) is 11.6 Å². The zero-order valence-corrected chi connectivity index (χ0v) is 6.07. The lowest BCUT2D eigenvalue weighted by molar-refractivity contribution is 1.07. The molecule has 0 aliphatic rings. The van der Waals surface area contributed by atoms with Crippen molar-refractivity contribution < 1.29 is 0 Å². The molecule has 0 spiro atoms. The number of allylic oxidation sites excluding steroid dienone is 2. The number of unbranched alkanes of at least 4 members (excludes halogenated alkanes) is 1. The van der Waals surface area contributed by atoms with Crippen molar-refractivity contribution in [2.45, 2.75) is 33.6 Å². The zero-order valence-electron chi connectivity index (χ0n) is 6.07. The SMILES string of the molecule is CC[CH]/C=C(/C)CC. The van der Waals surface area contributed by atoms with Crippen LogP contribution in [0.25, 0.3) is 0 Å². The first kappa shape index (κ1) is 7.74. The number of rotatable bonds is 3. The summed E-state index contributed by atoms with van der Waals surface area (Å²) >= 11 is 0. The van der Waals surface area contributed by atoms with E-state index in [9.17, 15) is 0 Å². The maximum Gasteiger partial charge on any atom is -0.0171 e. The van der Waals surface area contributed by atoms with Crippen molar-refractivity contribution in [3.8, 4) is 0 Å². The van der Waals surface area contributed by atoms with E-state index in [4.69, 9.17) is 0 Å². The topological polar surface area (TPSA) is 0 Å². The van der Waals surface area contributed by atoms with Crippen LogP contribution in [0.4, 0.5) is 0 Å². The lowest BCUT2D eigenvalue weighted by atomic mass is 10.2. The average molecular weight is 111 g/mol. The van der Waals surface area contributed by atoms with Crippen molar-refractivity contribution >= 4 is 0 Å². The van der Waals surface area contributed by atoms with Gasteiger partial charge in [-0.15, -0.1) is 0 Å². The van der Waals surface area contributed by atoms with Gasteiger partial charge in [0.1, 0.15) is 0 Å². The molecule has 1 radical (unpaired) electrons. The molecule has 0 aliphatic carbocycles. The summed E-state index contributed by atoms with van der Waals surface area (Å²) in [6.45, 7) is 6.49. The molecule has 0 N–H and O–H groups in total. The van der Waals surface area contributed by atoms with E-state index >= 15 is 0 Å². The third-order valence-corrected chi connectivity index (χ3v) is 1.20. The lowest BCUT2D eigenvalue weighted by Gasteiger charge is -1.90. The molecule has 0 saturated heterocycles. The smallest absolute Gasteiger partial charge is 0.0171 e. The third-order valence-electron chi connectivity index (χ3n) is 1.20. The highest BCUT2D eigenvalue weighted by Crippen LogP contribution is 1.99. The molecule has 0 amide bonds. The standard InChI is InChI=1S/C8H15/c1-4-6-7-8(3)5-2/h6-7H,4-5H2,1-3H3/b8-7-. The summed E-state index contributed by atoms with van der Waals surface area (Å²) in [5, 5.41) is 0. The quantitative estimate of drug-likeness (QED) is 0.525. The van der Waals surface area contributed by atoms with Crippen LogP contribution in [0.3, 0.4) is 0 Å². The minimum absolute atomic E-state index is 1.15. The van der Waals surface area contributed by atoms with Gasteiger partial charge in [0.05, 0.1) is 0 Å². The van der Waals surface area contributed by atoms with Crippen LogP contribution in [0.1, 0.15) is 33.6 Å². The Morgan fingerprint density at radius 2 is 2.00 bits per heavy atom. The fourth-order valence-corrected chi connectivity index (χ4v) is 0.437. The van der Waals surface area contributed by atoms with Gasteiger partial charge in [0.15, 0.2) is 0 Å². The summed E-state index contributed by atoms with van der Waals surface area (Å²) in [5.41, 5.74) is 1.46. The molecule has 0 unspecified atom stereocenters. The van der Waals surface area contributed by atoms with E-state index in [1.54, 1.807) is 0 Å². The van der Waals surface area contributed by atoms with Gasteiger partial charge in [-0.1, -0.05) is 25.5 Å². The Morgan fingerprint density at radius 3 is 2.38 bits per heavy atom. The summed E-state index contributed by atoms with van der Waals surface area (Å²) in [6.07, 6.45) is 6.71.